The lowest BCUT2D eigenvalue weighted by Crippen LogP contribution is -2.50. The second-order valence-electron chi connectivity index (χ2n) is 7.71. The Bertz CT molecular complexity index is 827. The van der Waals surface area contributed by atoms with Crippen molar-refractivity contribution in [3.63, 3.8) is 0 Å². The van der Waals surface area contributed by atoms with Crippen LogP contribution in [0.25, 0.3) is 10.1 Å². The molecular weight excluding hydrogens is 362 g/mol. The van der Waals surface area contributed by atoms with Gasteiger partial charge in [0.1, 0.15) is 5.75 Å². The van der Waals surface area contributed by atoms with E-state index in [2.05, 4.69) is 47.6 Å². The van der Waals surface area contributed by atoms with Crippen LogP contribution in [0.15, 0.2) is 17.5 Å². The van der Waals surface area contributed by atoms with Crippen molar-refractivity contribution in [2.75, 3.05) is 0 Å². The molecule has 26 heavy (non-hydrogen) atoms. The summed E-state index contributed by atoms with van der Waals surface area (Å²) in [5.41, 5.74) is 2.51. The molecule has 0 aliphatic heterocycles. The van der Waals surface area contributed by atoms with Gasteiger partial charge in [0.05, 0.1) is 18.1 Å². The number of nitriles is 1. The molecule has 0 aliphatic carbocycles. The summed E-state index contributed by atoms with van der Waals surface area (Å²) in [6.07, 6.45) is -0.0719. The van der Waals surface area contributed by atoms with Crippen LogP contribution >= 0.6 is 11.3 Å². The van der Waals surface area contributed by atoms with Crippen LogP contribution in [-0.2, 0) is 11.2 Å². The summed E-state index contributed by atoms with van der Waals surface area (Å²) in [5.74, 6) is -0.152. The number of hydrogen-bond acceptors (Lipinski definition) is 4. The van der Waals surface area contributed by atoms with Gasteiger partial charge >= 0.3 is 5.97 Å². The molecule has 140 valence electrons. The van der Waals surface area contributed by atoms with Crippen molar-refractivity contribution in [2.24, 2.45) is 0 Å². The van der Waals surface area contributed by atoms with E-state index in [0.717, 1.165) is 15.8 Å². The standard InChI is InChI=1S/C20H27NO3SSi/c1-12(2)26(13(3)4,14(5)6)24-17-7-15(10-21)20-16(8-19(22)23)11-25-18(20)9-17/h7,9,11-14H,8H2,1-6H3,(H,22,23). The van der Waals surface area contributed by atoms with Gasteiger partial charge in [0.2, 0.25) is 0 Å². The van der Waals surface area contributed by atoms with E-state index in [4.69, 9.17) is 9.53 Å². The van der Waals surface area contributed by atoms with Gasteiger partial charge in [0.15, 0.2) is 0 Å². The van der Waals surface area contributed by atoms with E-state index < -0.39 is 14.3 Å². The average Bonchev–Trinajstić information content (AvgIpc) is 2.93. The molecular formula is C20H27NO3SSi. The first-order valence-electron chi connectivity index (χ1n) is 8.98. The number of aliphatic carboxylic acids is 1. The lowest BCUT2D eigenvalue weighted by Gasteiger charge is -2.42. The van der Waals surface area contributed by atoms with Crippen LogP contribution in [0.5, 0.6) is 5.75 Å². The van der Waals surface area contributed by atoms with Gasteiger partial charge in [-0.3, -0.25) is 4.79 Å². The highest BCUT2D eigenvalue weighted by Gasteiger charge is 2.47. The molecule has 0 spiro atoms. The van der Waals surface area contributed by atoms with E-state index in [1.54, 1.807) is 6.07 Å². The molecule has 1 heterocycles. The number of carboxylic acid groups (broad SMARTS) is 1. The third-order valence-corrected chi connectivity index (χ3v) is 12.2. The Morgan fingerprint density at radius 1 is 1.19 bits per heavy atom. The van der Waals surface area contributed by atoms with Crippen molar-refractivity contribution < 1.29 is 14.3 Å². The van der Waals surface area contributed by atoms with E-state index in [-0.39, 0.29) is 6.42 Å². The maximum atomic E-state index is 11.1. The third kappa shape index (κ3) is 3.65. The normalized spacial score (nSPS) is 12.2. The minimum Gasteiger partial charge on any atom is -0.543 e. The minimum absolute atomic E-state index is 0.0719. The molecule has 1 aromatic heterocycles. The number of carbonyl (C=O) groups is 1. The molecule has 4 nitrogen and oxygen atoms in total. The number of hydrogen-bond donors (Lipinski definition) is 1. The van der Waals surface area contributed by atoms with Crippen molar-refractivity contribution >= 4 is 35.7 Å². The molecule has 0 bridgehead atoms. The van der Waals surface area contributed by atoms with Crippen LogP contribution in [0, 0.1) is 11.3 Å². The first-order valence-corrected chi connectivity index (χ1v) is 12.0. The smallest absolute Gasteiger partial charge is 0.307 e. The second-order valence-corrected chi connectivity index (χ2v) is 14.0. The lowest BCUT2D eigenvalue weighted by atomic mass is 10.1. The van der Waals surface area contributed by atoms with Crippen molar-refractivity contribution in [3.05, 3.63) is 28.6 Å². The van der Waals surface area contributed by atoms with Crippen LogP contribution in [0.4, 0.5) is 0 Å². The molecule has 0 atom stereocenters. The number of carboxylic acids is 1. The predicted molar refractivity (Wildman–Crippen MR) is 110 cm³/mol. The van der Waals surface area contributed by atoms with Crippen LogP contribution in [0.3, 0.4) is 0 Å². The van der Waals surface area contributed by atoms with E-state index in [1.165, 1.54) is 11.3 Å². The number of nitrogens with zero attached hydrogens (tertiary/aromatic N) is 1. The molecule has 0 aliphatic rings. The highest BCUT2D eigenvalue weighted by molar-refractivity contribution is 7.17. The molecule has 1 N–H and O–H groups in total. The first-order chi connectivity index (χ1) is 12.1. The molecule has 0 saturated carbocycles. The summed E-state index contributed by atoms with van der Waals surface area (Å²) >= 11 is 1.47. The van der Waals surface area contributed by atoms with E-state index in [0.29, 0.717) is 27.8 Å². The summed E-state index contributed by atoms with van der Waals surface area (Å²) in [4.78, 5) is 11.1. The molecule has 0 amide bonds. The van der Waals surface area contributed by atoms with Crippen LogP contribution in [0.2, 0.25) is 16.6 Å². The van der Waals surface area contributed by atoms with Crippen molar-refractivity contribution in [1.29, 1.82) is 5.26 Å². The molecule has 6 heteroatoms. The third-order valence-electron chi connectivity index (χ3n) is 5.19. The molecule has 2 rings (SSSR count). The van der Waals surface area contributed by atoms with Crippen molar-refractivity contribution in [3.8, 4) is 11.8 Å². The van der Waals surface area contributed by atoms with E-state index >= 15 is 0 Å². The molecule has 2 aromatic rings. The average molecular weight is 390 g/mol. The minimum atomic E-state index is -2.11. The molecule has 0 saturated heterocycles. The van der Waals surface area contributed by atoms with Gasteiger partial charge in [0, 0.05) is 10.1 Å². The fraction of sp³-hybridized carbons (Fsp3) is 0.500. The number of rotatable bonds is 7. The first kappa shape index (κ1) is 20.5. The Morgan fingerprint density at radius 2 is 1.77 bits per heavy atom. The van der Waals surface area contributed by atoms with E-state index in [9.17, 15) is 10.1 Å². The van der Waals surface area contributed by atoms with Gasteiger partial charge in [-0.1, -0.05) is 41.5 Å². The SMILES string of the molecule is CC(C)[Si](Oc1cc(C#N)c2c(CC(=O)O)csc2c1)(C(C)C)C(C)C. The lowest BCUT2D eigenvalue weighted by molar-refractivity contribution is -0.136. The largest absolute Gasteiger partial charge is 0.543 e. The van der Waals surface area contributed by atoms with Crippen LogP contribution in [0.1, 0.15) is 52.7 Å². The Labute approximate surface area is 160 Å². The van der Waals surface area contributed by atoms with E-state index in [1.807, 2.05) is 11.4 Å². The highest BCUT2D eigenvalue weighted by Crippen LogP contribution is 2.44. The maximum absolute atomic E-state index is 11.1. The number of thiophene rings is 1. The van der Waals surface area contributed by atoms with Crippen molar-refractivity contribution in [1.82, 2.24) is 0 Å². The predicted octanol–water partition coefficient (Wildman–Crippen LogP) is 5.95. The topological polar surface area (TPSA) is 70.3 Å². The number of benzene rings is 1. The Kier molecular flexibility index (Phi) is 6.15. The zero-order valence-electron chi connectivity index (χ0n) is 16.3. The Morgan fingerprint density at radius 3 is 2.23 bits per heavy atom. The Hall–Kier alpha value is -1.84. The zero-order valence-corrected chi connectivity index (χ0v) is 18.1. The summed E-state index contributed by atoms with van der Waals surface area (Å²) in [6, 6.07) is 5.99. The maximum Gasteiger partial charge on any atom is 0.307 e. The summed E-state index contributed by atoms with van der Waals surface area (Å²) < 4.78 is 7.62. The second kappa shape index (κ2) is 7.81. The van der Waals surface area contributed by atoms with Gasteiger partial charge in [-0.15, -0.1) is 11.3 Å². The van der Waals surface area contributed by atoms with Crippen LogP contribution < -0.4 is 4.43 Å². The zero-order chi connectivity index (χ0) is 19.6. The quantitative estimate of drug-likeness (QED) is 0.594. The molecule has 0 radical (unpaired) electrons. The molecule has 0 unspecified atom stereocenters. The summed E-state index contributed by atoms with van der Waals surface area (Å²) in [6.45, 7) is 13.4. The molecule has 0 fully saturated rings. The monoisotopic (exact) mass is 389 g/mol. The summed E-state index contributed by atoms with van der Waals surface area (Å²) in [7, 11) is -2.11. The van der Waals surface area contributed by atoms with Crippen molar-refractivity contribution in [2.45, 2.75) is 64.6 Å². The summed E-state index contributed by atoms with van der Waals surface area (Å²) in [5, 5.41) is 21.3. The van der Waals surface area contributed by atoms with Crippen LogP contribution in [-0.4, -0.2) is 19.4 Å². The van der Waals surface area contributed by atoms with Gasteiger partial charge in [-0.05, 0) is 39.7 Å². The molecule has 1 aromatic carbocycles. The Balaban J connectivity index is 2.58. The van der Waals surface area contributed by atoms with Gasteiger partial charge in [-0.2, -0.15) is 5.26 Å². The highest BCUT2D eigenvalue weighted by atomic mass is 32.1. The van der Waals surface area contributed by atoms with Gasteiger partial charge in [-0.25, -0.2) is 0 Å². The fourth-order valence-electron chi connectivity index (χ4n) is 4.21. The van der Waals surface area contributed by atoms with Gasteiger partial charge < -0.3 is 9.53 Å². The fourth-order valence-corrected chi connectivity index (χ4v) is 10.5. The van der Waals surface area contributed by atoms with Gasteiger partial charge in [0.25, 0.3) is 8.32 Å². The number of fused-ring (bicyclic) bond motifs is 1.